The van der Waals surface area contributed by atoms with Crippen LogP contribution in [0.5, 0.6) is 0 Å². The summed E-state index contributed by atoms with van der Waals surface area (Å²) < 4.78 is 4.89. The maximum atomic E-state index is 12.5. The van der Waals surface area contributed by atoms with Crippen LogP contribution < -0.4 is 16.0 Å². The van der Waals surface area contributed by atoms with Crippen molar-refractivity contribution in [3.05, 3.63) is 81.9 Å². The van der Waals surface area contributed by atoms with Gasteiger partial charge in [0.2, 0.25) is 0 Å². The van der Waals surface area contributed by atoms with Gasteiger partial charge < -0.3 is 20.5 Å². The Labute approximate surface area is 205 Å². The van der Waals surface area contributed by atoms with Gasteiger partial charge in [0.1, 0.15) is 0 Å². The summed E-state index contributed by atoms with van der Waals surface area (Å²) in [4.78, 5) is 39.8. The van der Waals surface area contributed by atoms with E-state index in [2.05, 4.69) is 20.9 Å². The number of rotatable bonds is 7. The van der Waals surface area contributed by atoms with E-state index in [0.717, 1.165) is 0 Å². The maximum absolute atomic E-state index is 12.5. The van der Waals surface area contributed by atoms with Crippen molar-refractivity contribution in [2.75, 3.05) is 24.3 Å². The molecular weight excluding hydrogens is 466 g/mol. The van der Waals surface area contributed by atoms with Gasteiger partial charge in [-0.05, 0) is 31.2 Å². The number of hydrogen-bond acceptors (Lipinski definition) is 8. The Hall–Kier alpha value is -4.77. The number of pyridine rings is 1. The van der Waals surface area contributed by atoms with E-state index in [-0.39, 0.29) is 18.2 Å². The highest BCUT2D eigenvalue weighted by atomic mass is 16.6. The molecule has 11 heteroatoms. The number of non-ortho nitro benzene ring substituents is 1. The first-order valence-electron chi connectivity index (χ1n) is 11.0. The third-order valence-corrected chi connectivity index (χ3v) is 5.47. The second-order valence-corrected chi connectivity index (χ2v) is 7.74. The van der Waals surface area contributed by atoms with Crippen LogP contribution in [-0.4, -0.2) is 40.7 Å². The number of fused-ring (bicyclic) bond motifs is 2. The van der Waals surface area contributed by atoms with Gasteiger partial charge in [0.25, 0.3) is 11.6 Å². The van der Waals surface area contributed by atoms with Crippen LogP contribution in [0.25, 0.3) is 21.8 Å². The summed E-state index contributed by atoms with van der Waals surface area (Å²) in [6.07, 6.45) is -1.90. The van der Waals surface area contributed by atoms with Gasteiger partial charge in [-0.3, -0.25) is 20.2 Å². The number of nitrogens with zero attached hydrogens (tertiary/aromatic N) is 2. The maximum Gasteiger partial charge on any atom is 0.411 e. The Balaban J connectivity index is 1.84. The largest absolute Gasteiger partial charge is 0.450 e. The van der Waals surface area contributed by atoms with Crippen molar-refractivity contribution in [3.8, 4) is 0 Å². The number of hydrogen-bond donors (Lipinski definition) is 4. The SMILES string of the molecule is CCOC(=O)Nc1cccc(C(O)Nc2c3cc([N+](=O)[O-])ccc3nc3c(C(=O)NC)cccc23)c1. The standard InChI is InChI=1S/C25H23N5O6/c1-3-36-25(33)27-15-7-4-6-14(12-15)23(31)29-22-17-8-5-9-18(24(32)26-2)21(17)28-20-11-10-16(30(34)35)13-19(20)22/h4-13,23,31H,3H2,1-2H3,(H,26,32)(H,27,33)(H,28,29). The zero-order valence-corrected chi connectivity index (χ0v) is 19.4. The Kier molecular flexibility index (Phi) is 6.93. The number of para-hydroxylation sites is 1. The van der Waals surface area contributed by atoms with E-state index in [9.17, 15) is 24.8 Å². The fraction of sp³-hybridized carbons (Fsp3) is 0.160. The minimum Gasteiger partial charge on any atom is -0.450 e. The molecule has 0 bridgehead atoms. The molecule has 1 heterocycles. The predicted octanol–water partition coefficient (Wildman–Crippen LogP) is 4.33. The lowest BCUT2D eigenvalue weighted by Gasteiger charge is -2.19. The zero-order valence-electron chi connectivity index (χ0n) is 19.4. The van der Waals surface area contributed by atoms with E-state index in [4.69, 9.17) is 4.74 Å². The number of nitro benzene ring substituents is 1. The lowest BCUT2D eigenvalue weighted by molar-refractivity contribution is -0.384. The molecule has 36 heavy (non-hydrogen) atoms. The number of carbonyl (C=O) groups excluding carboxylic acids is 2. The number of nitro groups is 1. The molecule has 0 aliphatic carbocycles. The van der Waals surface area contributed by atoms with Gasteiger partial charge >= 0.3 is 6.09 Å². The summed E-state index contributed by atoms with van der Waals surface area (Å²) in [6, 6.07) is 15.7. The molecule has 4 rings (SSSR count). The van der Waals surface area contributed by atoms with Crippen LogP contribution in [0.4, 0.5) is 21.9 Å². The van der Waals surface area contributed by atoms with E-state index in [0.29, 0.717) is 44.3 Å². The molecule has 1 unspecified atom stereocenters. The number of benzene rings is 3. The van der Waals surface area contributed by atoms with Crippen molar-refractivity contribution in [3.63, 3.8) is 0 Å². The van der Waals surface area contributed by atoms with Gasteiger partial charge in [-0.15, -0.1) is 0 Å². The average molecular weight is 489 g/mol. The van der Waals surface area contributed by atoms with Crippen LogP contribution in [0.3, 0.4) is 0 Å². The van der Waals surface area contributed by atoms with Crippen LogP contribution in [0, 0.1) is 10.1 Å². The Morgan fingerprint density at radius 1 is 1.11 bits per heavy atom. The molecule has 0 aliphatic rings. The summed E-state index contributed by atoms with van der Waals surface area (Å²) in [5.74, 6) is -0.349. The number of carbonyl (C=O) groups is 2. The van der Waals surface area contributed by atoms with Crippen molar-refractivity contribution in [1.82, 2.24) is 10.3 Å². The molecule has 1 aromatic heterocycles. The molecular formula is C25H23N5O6. The highest BCUT2D eigenvalue weighted by Gasteiger charge is 2.20. The minimum absolute atomic E-state index is 0.149. The zero-order chi connectivity index (χ0) is 25.8. The molecule has 0 fully saturated rings. The third kappa shape index (κ3) is 4.86. The number of nitrogens with one attached hydrogen (secondary N) is 3. The summed E-state index contributed by atoms with van der Waals surface area (Å²) >= 11 is 0. The molecule has 3 aromatic carbocycles. The minimum atomic E-state index is -1.27. The fourth-order valence-corrected chi connectivity index (χ4v) is 3.83. The Morgan fingerprint density at radius 3 is 2.61 bits per heavy atom. The lowest BCUT2D eigenvalue weighted by atomic mass is 10.0. The second-order valence-electron chi connectivity index (χ2n) is 7.74. The summed E-state index contributed by atoms with van der Waals surface area (Å²) in [6.45, 7) is 1.90. The molecule has 0 saturated carbocycles. The number of anilines is 2. The normalized spacial score (nSPS) is 11.6. The van der Waals surface area contributed by atoms with E-state index in [1.165, 1.54) is 25.2 Å². The molecule has 184 valence electrons. The van der Waals surface area contributed by atoms with Crippen molar-refractivity contribution in [1.29, 1.82) is 0 Å². The molecule has 4 N–H and O–H groups in total. The highest BCUT2D eigenvalue weighted by Crippen LogP contribution is 2.36. The first kappa shape index (κ1) is 24.4. The van der Waals surface area contributed by atoms with Crippen LogP contribution in [0.15, 0.2) is 60.7 Å². The van der Waals surface area contributed by atoms with E-state index in [1.54, 1.807) is 49.4 Å². The van der Waals surface area contributed by atoms with E-state index >= 15 is 0 Å². The smallest absolute Gasteiger partial charge is 0.411 e. The summed E-state index contributed by atoms with van der Waals surface area (Å²) in [5.41, 5.74) is 2.12. The first-order chi connectivity index (χ1) is 17.3. The van der Waals surface area contributed by atoms with Crippen molar-refractivity contribution in [2.45, 2.75) is 13.2 Å². The van der Waals surface area contributed by atoms with Crippen LogP contribution in [0.2, 0.25) is 0 Å². The number of amides is 2. The predicted molar refractivity (Wildman–Crippen MR) is 135 cm³/mol. The third-order valence-electron chi connectivity index (χ3n) is 5.47. The molecule has 0 aliphatic heterocycles. The molecule has 4 aromatic rings. The monoisotopic (exact) mass is 489 g/mol. The molecule has 1 atom stereocenters. The van der Waals surface area contributed by atoms with Crippen LogP contribution >= 0.6 is 0 Å². The molecule has 2 amide bonds. The number of aliphatic hydroxyl groups is 1. The number of ether oxygens (including phenoxy) is 1. The number of aliphatic hydroxyl groups excluding tert-OH is 1. The van der Waals surface area contributed by atoms with Gasteiger partial charge in [-0.1, -0.05) is 24.3 Å². The second kappa shape index (κ2) is 10.2. The Morgan fingerprint density at radius 2 is 1.89 bits per heavy atom. The Bertz CT molecular complexity index is 1490. The van der Waals surface area contributed by atoms with E-state index < -0.39 is 17.2 Å². The van der Waals surface area contributed by atoms with Gasteiger partial charge in [-0.2, -0.15) is 0 Å². The topological polar surface area (TPSA) is 156 Å². The summed E-state index contributed by atoms with van der Waals surface area (Å²) in [5, 5.41) is 31.6. The van der Waals surface area contributed by atoms with Crippen molar-refractivity contribution in [2.24, 2.45) is 0 Å². The van der Waals surface area contributed by atoms with Crippen molar-refractivity contribution >= 4 is 50.9 Å². The van der Waals surface area contributed by atoms with Gasteiger partial charge in [0.05, 0.1) is 33.8 Å². The fourth-order valence-electron chi connectivity index (χ4n) is 3.83. The number of aromatic nitrogens is 1. The van der Waals surface area contributed by atoms with Gasteiger partial charge in [0.15, 0.2) is 6.23 Å². The van der Waals surface area contributed by atoms with Crippen LogP contribution in [-0.2, 0) is 4.74 Å². The van der Waals surface area contributed by atoms with Gasteiger partial charge in [0, 0.05) is 41.2 Å². The first-order valence-corrected chi connectivity index (χ1v) is 11.0. The molecule has 0 spiro atoms. The molecule has 0 radical (unpaired) electrons. The van der Waals surface area contributed by atoms with E-state index in [1.807, 2.05) is 0 Å². The quantitative estimate of drug-likeness (QED) is 0.129. The summed E-state index contributed by atoms with van der Waals surface area (Å²) in [7, 11) is 1.51. The lowest BCUT2D eigenvalue weighted by Crippen LogP contribution is -2.18. The molecule has 11 nitrogen and oxygen atoms in total. The highest BCUT2D eigenvalue weighted by molar-refractivity contribution is 6.14. The average Bonchev–Trinajstić information content (AvgIpc) is 2.87. The van der Waals surface area contributed by atoms with Gasteiger partial charge in [-0.25, -0.2) is 9.78 Å². The van der Waals surface area contributed by atoms with Crippen LogP contribution in [0.1, 0.15) is 29.1 Å². The molecule has 0 saturated heterocycles. The van der Waals surface area contributed by atoms with Crippen molar-refractivity contribution < 1.29 is 24.4 Å².